The second-order valence-corrected chi connectivity index (χ2v) is 6.88. The molecule has 2 amide bonds. The molecule has 1 aromatic rings. The molecular weight excluding hydrogens is 352 g/mol. The molecule has 0 radical (unpaired) electrons. The van der Waals surface area contributed by atoms with Gasteiger partial charge in [-0.05, 0) is 25.0 Å². The zero-order chi connectivity index (χ0) is 19.6. The summed E-state index contributed by atoms with van der Waals surface area (Å²) in [4.78, 5) is 39.6. The Morgan fingerprint density at radius 3 is 2.33 bits per heavy atom. The molecule has 2 saturated heterocycles. The lowest BCUT2D eigenvalue weighted by molar-refractivity contribution is -0.146. The lowest BCUT2D eigenvalue weighted by Crippen LogP contribution is -2.43. The number of carboxylic acid groups (broad SMARTS) is 1. The lowest BCUT2D eigenvalue weighted by atomic mass is 9.95. The summed E-state index contributed by atoms with van der Waals surface area (Å²) < 4.78 is 10.5. The minimum absolute atomic E-state index is 0.0739. The average molecular weight is 376 g/mol. The van der Waals surface area contributed by atoms with E-state index in [4.69, 9.17) is 14.6 Å². The Kier molecular flexibility index (Phi) is 5.53. The number of benzene rings is 1. The van der Waals surface area contributed by atoms with E-state index in [-0.39, 0.29) is 24.2 Å². The second kappa shape index (κ2) is 7.85. The molecule has 0 aliphatic carbocycles. The van der Waals surface area contributed by atoms with E-state index in [0.29, 0.717) is 49.7 Å². The van der Waals surface area contributed by atoms with Gasteiger partial charge in [-0.25, -0.2) is 0 Å². The SMILES string of the molecule is COc1ccc(N2C[C@H](C(=O)N3CCC(C(=O)O)CC3)CC2=O)cc1OC. The first kappa shape index (κ1) is 19.0. The van der Waals surface area contributed by atoms with Crippen LogP contribution >= 0.6 is 0 Å². The monoisotopic (exact) mass is 376 g/mol. The fourth-order valence-electron chi connectivity index (χ4n) is 3.72. The van der Waals surface area contributed by atoms with Crippen LogP contribution in [0.5, 0.6) is 11.5 Å². The fraction of sp³-hybridized carbons (Fsp3) is 0.526. The highest BCUT2D eigenvalue weighted by Crippen LogP contribution is 2.34. The summed E-state index contributed by atoms with van der Waals surface area (Å²) in [5, 5.41) is 9.08. The summed E-state index contributed by atoms with van der Waals surface area (Å²) in [7, 11) is 3.07. The van der Waals surface area contributed by atoms with Crippen molar-refractivity contribution in [3.05, 3.63) is 18.2 Å². The number of rotatable bonds is 5. The van der Waals surface area contributed by atoms with Gasteiger partial charge in [-0.2, -0.15) is 0 Å². The van der Waals surface area contributed by atoms with Crippen LogP contribution < -0.4 is 14.4 Å². The number of anilines is 1. The first-order chi connectivity index (χ1) is 12.9. The van der Waals surface area contributed by atoms with E-state index in [1.165, 1.54) is 7.11 Å². The molecule has 2 fully saturated rings. The van der Waals surface area contributed by atoms with Gasteiger partial charge in [0.05, 0.1) is 26.1 Å². The van der Waals surface area contributed by atoms with Crippen LogP contribution in [0.2, 0.25) is 0 Å². The van der Waals surface area contributed by atoms with Gasteiger partial charge in [0.2, 0.25) is 11.8 Å². The molecule has 0 spiro atoms. The molecule has 0 aromatic heterocycles. The number of ether oxygens (including phenoxy) is 2. The van der Waals surface area contributed by atoms with Gasteiger partial charge in [0.15, 0.2) is 11.5 Å². The molecule has 8 nitrogen and oxygen atoms in total. The molecule has 1 atom stereocenters. The van der Waals surface area contributed by atoms with Gasteiger partial charge in [-0.3, -0.25) is 14.4 Å². The van der Waals surface area contributed by atoms with Crippen molar-refractivity contribution in [3.8, 4) is 11.5 Å². The molecule has 2 heterocycles. The third kappa shape index (κ3) is 3.84. The van der Waals surface area contributed by atoms with Crippen molar-refractivity contribution in [3.63, 3.8) is 0 Å². The summed E-state index contributed by atoms with van der Waals surface area (Å²) in [5.74, 6) is -0.696. The molecule has 2 aliphatic rings. The fourth-order valence-corrected chi connectivity index (χ4v) is 3.72. The number of amides is 2. The molecule has 1 aromatic carbocycles. The average Bonchev–Trinajstić information content (AvgIpc) is 3.08. The first-order valence-electron chi connectivity index (χ1n) is 8.98. The first-order valence-corrected chi connectivity index (χ1v) is 8.98. The highest BCUT2D eigenvalue weighted by molar-refractivity contribution is 6.00. The molecular formula is C19H24N2O6. The summed E-state index contributed by atoms with van der Waals surface area (Å²) in [5.41, 5.74) is 0.664. The number of hydrogen-bond acceptors (Lipinski definition) is 5. The van der Waals surface area contributed by atoms with Crippen molar-refractivity contribution in [2.24, 2.45) is 11.8 Å². The number of hydrogen-bond donors (Lipinski definition) is 1. The van der Waals surface area contributed by atoms with Crippen LogP contribution in [-0.4, -0.2) is 61.6 Å². The van der Waals surface area contributed by atoms with E-state index in [2.05, 4.69) is 0 Å². The maximum absolute atomic E-state index is 12.8. The normalized spacial score (nSPS) is 20.7. The largest absolute Gasteiger partial charge is 0.493 e. The van der Waals surface area contributed by atoms with Crippen LogP contribution in [0.4, 0.5) is 5.69 Å². The number of aliphatic carboxylic acids is 1. The van der Waals surface area contributed by atoms with Crippen LogP contribution in [0.1, 0.15) is 19.3 Å². The summed E-state index contributed by atoms with van der Waals surface area (Å²) >= 11 is 0. The number of likely N-dealkylation sites (tertiary alicyclic amines) is 1. The minimum atomic E-state index is -0.808. The van der Waals surface area contributed by atoms with Crippen LogP contribution in [0, 0.1) is 11.8 Å². The Morgan fingerprint density at radius 2 is 1.74 bits per heavy atom. The third-order valence-electron chi connectivity index (χ3n) is 5.31. The molecule has 0 unspecified atom stereocenters. The maximum Gasteiger partial charge on any atom is 0.306 e. The highest BCUT2D eigenvalue weighted by atomic mass is 16.5. The van der Waals surface area contributed by atoms with Gasteiger partial charge in [0, 0.05) is 37.8 Å². The number of carbonyl (C=O) groups excluding carboxylic acids is 2. The molecule has 27 heavy (non-hydrogen) atoms. The zero-order valence-corrected chi connectivity index (χ0v) is 15.5. The van der Waals surface area contributed by atoms with Crippen LogP contribution in [0.15, 0.2) is 18.2 Å². The van der Waals surface area contributed by atoms with E-state index in [9.17, 15) is 14.4 Å². The number of carbonyl (C=O) groups is 3. The van der Waals surface area contributed by atoms with Crippen molar-refractivity contribution in [2.75, 3.05) is 38.8 Å². The van der Waals surface area contributed by atoms with Crippen molar-refractivity contribution in [1.29, 1.82) is 0 Å². The Labute approximate surface area is 157 Å². The zero-order valence-electron chi connectivity index (χ0n) is 15.5. The van der Waals surface area contributed by atoms with E-state index >= 15 is 0 Å². The van der Waals surface area contributed by atoms with Gasteiger partial charge < -0.3 is 24.4 Å². The van der Waals surface area contributed by atoms with Crippen molar-refractivity contribution >= 4 is 23.5 Å². The van der Waals surface area contributed by atoms with Crippen molar-refractivity contribution in [1.82, 2.24) is 4.90 Å². The number of methoxy groups -OCH3 is 2. The number of carboxylic acids is 1. The minimum Gasteiger partial charge on any atom is -0.493 e. The summed E-state index contributed by atoms with van der Waals surface area (Å²) in [6, 6.07) is 5.22. The van der Waals surface area contributed by atoms with Gasteiger partial charge >= 0.3 is 5.97 Å². The quantitative estimate of drug-likeness (QED) is 0.834. The Morgan fingerprint density at radius 1 is 1.07 bits per heavy atom. The van der Waals surface area contributed by atoms with E-state index in [1.54, 1.807) is 35.1 Å². The molecule has 8 heteroatoms. The van der Waals surface area contributed by atoms with Crippen LogP contribution in [0.3, 0.4) is 0 Å². The van der Waals surface area contributed by atoms with Gasteiger partial charge in [0.25, 0.3) is 0 Å². The molecule has 2 aliphatic heterocycles. The predicted octanol–water partition coefficient (Wildman–Crippen LogP) is 1.38. The number of nitrogens with zero attached hydrogens (tertiary/aromatic N) is 2. The Balaban J connectivity index is 1.67. The summed E-state index contributed by atoms with van der Waals surface area (Å²) in [6.45, 7) is 1.17. The van der Waals surface area contributed by atoms with E-state index in [1.807, 2.05) is 0 Å². The Hall–Kier alpha value is -2.77. The van der Waals surface area contributed by atoms with Crippen LogP contribution in [-0.2, 0) is 14.4 Å². The lowest BCUT2D eigenvalue weighted by Gasteiger charge is -2.31. The maximum atomic E-state index is 12.8. The molecule has 0 bridgehead atoms. The van der Waals surface area contributed by atoms with Crippen LogP contribution in [0.25, 0.3) is 0 Å². The van der Waals surface area contributed by atoms with Crippen molar-refractivity contribution < 1.29 is 29.0 Å². The standard InChI is InChI=1S/C19H24N2O6/c1-26-15-4-3-14(10-16(15)27-2)21-11-13(9-17(21)22)18(23)20-7-5-12(6-8-20)19(24)25/h3-4,10,12-13H,5-9,11H2,1-2H3,(H,24,25)/t13-/m1/s1. The molecule has 3 rings (SSSR count). The number of piperidine rings is 1. The smallest absolute Gasteiger partial charge is 0.306 e. The predicted molar refractivity (Wildman–Crippen MR) is 96.9 cm³/mol. The van der Waals surface area contributed by atoms with E-state index < -0.39 is 11.9 Å². The molecule has 146 valence electrons. The van der Waals surface area contributed by atoms with Crippen molar-refractivity contribution in [2.45, 2.75) is 19.3 Å². The topological polar surface area (TPSA) is 96.4 Å². The summed E-state index contributed by atoms with van der Waals surface area (Å²) in [6.07, 6.45) is 1.08. The molecule has 1 N–H and O–H groups in total. The third-order valence-corrected chi connectivity index (χ3v) is 5.31. The van der Waals surface area contributed by atoms with Gasteiger partial charge in [0.1, 0.15) is 0 Å². The molecule has 0 saturated carbocycles. The van der Waals surface area contributed by atoms with Gasteiger partial charge in [-0.1, -0.05) is 0 Å². The van der Waals surface area contributed by atoms with Gasteiger partial charge in [-0.15, -0.1) is 0 Å². The highest BCUT2D eigenvalue weighted by Gasteiger charge is 2.38. The second-order valence-electron chi connectivity index (χ2n) is 6.88. The Bertz CT molecular complexity index is 742. The van der Waals surface area contributed by atoms with E-state index in [0.717, 1.165) is 0 Å².